The van der Waals surface area contributed by atoms with E-state index in [4.69, 9.17) is 9.68 Å². The molecule has 0 aliphatic carbocycles. The van der Waals surface area contributed by atoms with Gasteiger partial charge in [-0.2, -0.15) is 0 Å². The number of hydrogen-bond donors (Lipinski definition) is 0. The van der Waals surface area contributed by atoms with Crippen LogP contribution in [0.25, 0.3) is 27.9 Å². The molecular weight excluding hydrogens is 328 g/mol. The molecule has 26 heavy (non-hydrogen) atoms. The lowest BCUT2D eigenvalue weighted by molar-refractivity contribution is 0.0236. The molecule has 0 spiro atoms. The number of benzene rings is 2. The summed E-state index contributed by atoms with van der Waals surface area (Å²) in [6.07, 6.45) is 1.88. The lowest BCUT2D eigenvalue weighted by atomic mass is 9.92. The highest BCUT2D eigenvalue weighted by Crippen LogP contribution is 2.42. The van der Waals surface area contributed by atoms with Crippen LogP contribution >= 0.6 is 0 Å². The van der Waals surface area contributed by atoms with Crippen LogP contribution in [0.2, 0.25) is 0 Å². The highest BCUT2D eigenvalue weighted by molar-refractivity contribution is 6.15. The first kappa shape index (κ1) is 16.9. The third-order valence-electron chi connectivity index (χ3n) is 5.62. The van der Waals surface area contributed by atoms with E-state index in [0.717, 1.165) is 60.1 Å². The van der Waals surface area contributed by atoms with Gasteiger partial charge < -0.3 is 9.94 Å². The van der Waals surface area contributed by atoms with E-state index in [0.29, 0.717) is 18.7 Å². The molecule has 0 atom stereocenters. The van der Waals surface area contributed by atoms with E-state index in [1.165, 1.54) is 5.23 Å². The third kappa shape index (κ3) is 2.04. The third-order valence-corrected chi connectivity index (χ3v) is 5.62. The summed E-state index contributed by atoms with van der Waals surface area (Å²) in [5.41, 5.74) is 8.40. The highest BCUT2D eigenvalue weighted by atomic mass is 17.0. The molecule has 1 aromatic heterocycles. The average Bonchev–Trinajstić information content (AvgIpc) is 3.23. The first-order valence-corrected chi connectivity index (χ1v) is 8.82. The summed E-state index contributed by atoms with van der Waals surface area (Å²) >= 11 is 0. The van der Waals surface area contributed by atoms with Crippen molar-refractivity contribution in [1.29, 1.82) is 0 Å². The number of aryl methyl sites for hydroxylation is 4. The molecule has 0 unspecified atom stereocenters. The Hall–Kier alpha value is -2.50. The van der Waals surface area contributed by atoms with E-state index >= 15 is 0 Å². The van der Waals surface area contributed by atoms with E-state index in [-0.39, 0.29) is 0 Å². The predicted molar refractivity (Wildman–Crippen MR) is 106 cm³/mol. The van der Waals surface area contributed by atoms with Crippen molar-refractivity contribution in [2.45, 2.75) is 34.6 Å². The zero-order valence-electron chi connectivity index (χ0n) is 15.9. The molecule has 5 heteroatoms. The maximum atomic E-state index is 13.3. The second-order valence-corrected chi connectivity index (χ2v) is 7.00. The minimum Gasteiger partial charge on any atom is -0.805 e. The lowest BCUT2D eigenvalue weighted by Crippen LogP contribution is -2.16. The van der Waals surface area contributed by atoms with E-state index in [1.54, 1.807) is 0 Å². The van der Waals surface area contributed by atoms with Crippen molar-refractivity contribution in [3.8, 4) is 0 Å². The van der Waals surface area contributed by atoms with E-state index in [2.05, 4.69) is 13.5 Å². The number of hydrogen-bond acceptors (Lipinski definition) is 4. The van der Waals surface area contributed by atoms with E-state index in [9.17, 15) is 5.21 Å². The van der Waals surface area contributed by atoms with E-state index < -0.39 is 0 Å². The first-order valence-electron chi connectivity index (χ1n) is 8.82. The Morgan fingerprint density at radius 2 is 1.54 bits per heavy atom. The van der Waals surface area contributed by atoms with Gasteiger partial charge in [-0.25, -0.2) is 9.68 Å². The van der Waals surface area contributed by atoms with Crippen LogP contribution in [0.15, 0.2) is 12.6 Å². The van der Waals surface area contributed by atoms with Gasteiger partial charge in [0.1, 0.15) is 13.2 Å². The van der Waals surface area contributed by atoms with Crippen LogP contribution in [0.5, 0.6) is 0 Å². The lowest BCUT2D eigenvalue weighted by Gasteiger charge is -2.20. The molecule has 0 bridgehead atoms. The molecular formula is C21H23N2O3-. The van der Waals surface area contributed by atoms with Gasteiger partial charge in [-0.3, -0.25) is 0 Å². The first-order chi connectivity index (χ1) is 12.4. The fourth-order valence-electron chi connectivity index (χ4n) is 4.20. The van der Waals surface area contributed by atoms with Crippen LogP contribution < -0.4 is 5.23 Å². The Morgan fingerprint density at radius 1 is 0.923 bits per heavy atom. The Morgan fingerprint density at radius 3 is 2.15 bits per heavy atom. The second-order valence-electron chi connectivity index (χ2n) is 7.00. The molecule has 4 rings (SSSR count). The van der Waals surface area contributed by atoms with Crippen molar-refractivity contribution in [3.63, 3.8) is 0 Å². The maximum absolute atomic E-state index is 13.3. The van der Waals surface area contributed by atoms with Crippen molar-refractivity contribution in [2.24, 2.45) is 0 Å². The summed E-state index contributed by atoms with van der Waals surface area (Å²) < 4.78 is 1.08. The molecule has 1 aliphatic rings. The van der Waals surface area contributed by atoms with Crippen LogP contribution in [-0.2, 0) is 9.68 Å². The second kappa shape index (κ2) is 5.76. The van der Waals surface area contributed by atoms with Gasteiger partial charge in [0.05, 0.1) is 5.69 Å². The molecule has 0 radical (unpaired) electrons. The Balaban J connectivity index is 2.21. The van der Waals surface area contributed by atoms with Crippen LogP contribution in [-0.4, -0.2) is 17.9 Å². The summed E-state index contributed by atoms with van der Waals surface area (Å²) in [5.74, 6) is 0. The number of aromatic nitrogens is 1. The van der Waals surface area contributed by atoms with Crippen LogP contribution in [0.4, 0.5) is 5.69 Å². The molecule has 1 fully saturated rings. The number of anilines is 1. The van der Waals surface area contributed by atoms with Crippen molar-refractivity contribution in [2.75, 3.05) is 18.4 Å². The van der Waals surface area contributed by atoms with Crippen molar-refractivity contribution in [1.82, 2.24) is 4.73 Å². The summed E-state index contributed by atoms with van der Waals surface area (Å²) in [7, 11) is 0. The van der Waals surface area contributed by atoms with Crippen molar-refractivity contribution in [3.05, 3.63) is 51.2 Å². The van der Waals surface area contributed by atoms with Gasteiger partial charge in [-0.05, 0) is 68.5 Å². The number of nitrogens with zero attached hydrogens (tertiary/aromatic N) is 2. The molecule has 2 aromatic carbocycles. The van der Waals surface area contributed by atoms with Gasteiger partial charge in [0.2, 0.25) is 0 Å². The van der Waals surface area contributed by atoms with Gasteiger partial charge in [0, 0.05) is 27.4 Å². The van der Waals surface area contributed by atoms with Gasteiger partial charge in [0.15, 0.2) is 0 Å². The smallest absolute Gasteiger partial charge is 0.104 e. The largest absolute Gasteiger partial charge is 0.805 e. The van der Waals surface area contributed by atoms with E-state index in [1.807, 2.05) is 39.8 Å². The molecule has 5 nitrogen and oxygen atoms in total. The maximum Gasteiger partial charge on any atom is 0.104 e. The van der Waals surface area contributed by atoms with Gasteiger partial charge in [-0.15, -0.1) is 5.23 Å². The Bertz CT molecular complexity index is 1070. The molecule has 0 amide bonds. The SMILES string of the molecule is C=Cc1c(C)c(C)c2c(c1C)c1c(C)cc(N3OCCO3)c(C)c1n2[O-]. The van der Waals surface area contributed by atoms with Crippen LogP contribution in [0.3, 0.4) is 0 Å². The van der Waals surface area contributed by atoms with Crippen LogP contribution in [0.1, 0.15) is 33.4 Å². The standard InChI is InChI=1S/C21H23N2O3/c1-7-16-12(3)13(4)20-19(14(16)5)18-11(2)10-17(23-25-8-9-26-23)15(6)21(18)22(20)24/h7,10H,1,8-9H2,2-6H3/q-1. The molecule has 0 saturated carbocycles. The summed E-state index contributed by atoms with van der Waals surface area (Å²) in [5, 5.41) is 16.8. The minimum absolute atomic E-state index is 0.511. The number of fused-ring (bicyclic) bond motifs is 3. The zero-order chi connectivity index (χ0) is 18.7. The molecule has 3 aromatic rings. The Kier molecular flexibility index (Phi) is 3.75. The Labute approximate surface area is 152 Å². The monoisotopic (exact) mass is 351 g/mol. The van der Waals surface area contributed by atoms with Gasteiger partial charge in [-0.1, -0.05) is 12.7 Å². The van der Waals surface area contributed by atoms with Crippen LogP contribution in [0, 0.1) is 39.8 Å². The summed E-state index contributed by atoms with van der Waals surface area (Å²) in [6, 6.07) is 2.03. The van der Waals surface area contributed by atoms with Gasteiger partial charge in [0.25, 0.3) is 0 Å². The number of rotatable bonds is 2. The van der Waals surface area contributed by atoms with Crippen molar-refractivity contribution >= 4 is 33.6 Å². The van der Waals surface area contributed by atoms with Crippen molar-refractivity contribution < 1.29 is 9.68 Å². The highest BCUT2D eigenvalue weighted by Gasteiger charge is 2.24. The summed E-state index contributed by atoms with van der Waals surface area (Å²) in [6.45, 7) is 15.1. The van der Waals surface area contributed by atoms with Gasteiger partial charge >= 0.3 is 0 Å². The fraction of sp³-hybridized carbons (Fsp3) is 0.333. The molecule has 1 aliphatic heterocycles. The molecule has 136 valence electrons. The molecule has 0 N–H and O–H groups in total. The predicted octanol–water partition coefficient (Wildman–Crippen LogP) is 5.01. The molecule has 2 heterocycles. The zero-order valence-corrected chi connectivity index (χ0v) is 15.9. The summed E-state index contributed by atoms with van der Waals surface area (Å²) in [4.78, 5) is 11.1. The quantitative estimate of drug-likeness (QED) is 0.651. The minimum atomic E-state index is 0.511. The topological polar surface area (TPSA) is 49.7 Å². The molecule has 1 saturated heterocycles. The normalized spacial score (nSPS) is 14.7. The average molecular weight is 351 g/mol. The fourth-order valence-corrected chi connectivity index (χ4v) is 4.20.